The number of ether oxygens (including phenoxy) is 1. The minimum Gasteiger partial charge on any atom is -0.618 e. The van der Waals surface area contributed by atoms with Crippen LogP contribution < -0.4 is 9.46 Å². The van der Waals surface area contributed by atoms with Gasteiger partial charge in [-0.2, -0.15) is 16.5 Å². The number of nitrogens with zero attached hydrogens (tertiary/aromatic N) is 2. The van der Waals surface area contributed by atoms with E-state index >= 15 is 0 Å². The summed E-state index contributed by atoms with van der Waals surface area (Å²) in [5, 5.41) is 24.8. The van der Waals surface area contributed by atoms with Crippen molar-refractivity contribution >= 4 is 28.8 Å². The molecule has 0 atom stereocenters. The van der Waals surface area contributed by atoms with Gasteiger partial charge in [-0.05, 0) is 12.2 Å². The molecule has 0 fully saturated rings. The van der Waals surface area contributed by atoms with Crippen molar-refractivity contribution in [3.05, 3.63) is 46.1 Å². The third kappa shape index (κ3) is 2.87. The van der Waals surface area contributed by atoms with Crippen LogP contribution in [-0.2, 0) is 10.5 Å². The van der Waals surface area contributed by atoms with Gasteiger partial charge in [0.05, 0.1) is 12.9 Å². The summed E-state index contributed by atoms with van der Waals surface area (Å²) in [5.41, 5.74) is 0.285. The van der Waals surface area contributed by atoms with Gasteiger partial charge >= 0.3 is 11.7 Å². The lowest BCUT2D eigenvalue weighted by Gasteiger charge is -2.11. The molecule has 1 aromatic carbocycles. The highest BCUT2D eigenvalue weighted by atomic mass is 32.2. The van der Waals surface area contributed by atoms with E-state index in [1.165, 1.54) is 24.9 Å². The van der Waals surface area contributed by atoms with Crippen molar-refractivity contribution in [3.63, 3.8) is 0 Å². The van der Waals surface area contributed by atoms with Crippen LogP contribution >= 0.6 is 11.8 Å². The molecule has 0 aliphatic heterocycles. The average molecular weight is 308 g/mol. The number of methoxy groups -OCH3 is 1. The van der Waals surface area contributed by atoms with Crippen molar-refractivity contribution in [2.75, 3.05) is 12.9 Å². The Morgan fingerprint density at radius 1 is 1.24 bits per heavy atom. The predicted molar refractivity (Wildman–Crippen MR) is 79.7 cm³/mol. The topological polar surface area (TPSA) is 80.2 Å². The molecule has 0 radical (unpaired) electrons. The summed E-state index contributed by atoms with van der Waals surface area (Å²) in [6, 6.07) is 6.39. The Kier molecular flexibility index (Phi) is 4.85. The summed E-state index contributed by atoms with van der Waals surface area (Å²) in [5.74, 6) is 0.327. The van der Waals surface area contributed by atoms with E-state index in [4.69, 9.17) is 0 Å². The van der Waals surface area contributed by atoms with Crippen LogP contribution in [0.3, 0.4) is 0 Å². The molecule has 0 spiro atoms. The van der Waals surface area contributed by atoms with Gasteiger partial charge in [-0.15, -0.1) is 4.73 Å². The highest BCUT2D eigenvalue weighted by molar-refractivity contribution is 7.98. The predicted octanol–water partition coefficient (Wildman–Crippen LogP) is 1.54. The molecule has 0 amide bonds. The van der Waals surface area contributed by atoms with Gasteiger partial charge in [-0.25, -0.2) is 4.79 Å². The van der Waals surface area contributed by atoms with Crippen LogP contribution in [0.5, 0.6) is 0 Å². The lowest BCUT2D eigenvalue weighted by atomic mass is 10.2. The molecule has 0 aliphatic carbocycles. The normalized spacial score (nSPS) is 10.8. The molecular weight excluding hydrogens is 292 g/mol. The first-order chi connectivity index (χ1) is 10.1. The van der Waals surface area contributed by atoms with E-state index in [2.05, 4.69) is 4.74 Å². The summed E-state index contributed by atoms with van der Waals surface area (Å²) in [6.45, 7) is 2.02. The molecular formula is C14H16N2O4S. The summed E-state index contributed by atoms with van der Waals surface area (Å²) in [7, 11) is 1.19. The van der Waals surface area contributed by atoms with Gasteiger partial charge in [-0.3, -0.25) is 0 Å². The quantitative estimate of drug-likeness (QED) is 0.362. The number of fused-ring (bicyclic) bond motifs is 1. The SMILES string of the molecule is CCCSCc1c(C(=O)OC)[n+]([O-])c2ccccc2[n+]1[O-]. The Bertz CT molecular complexity index is 676. The van der Waals surface area contributed by atoms with Gasteiger partial charge in [0.2, 0.25) is 0 Å². The third-order valence-corrected chi connectivity index (χ3v) is 4.18. The zero-order valence-electron chi connectivity index (χ0n) is 11.9. The molecule has 2 rings (SSSR count). The fourth-order valence-electron chi connectivity index (χ4n) is 2.02. The van der Waals surface area contributed by atoms with Crippen molar-refractivity contribution in [2.24, 2.45) is 0 Å². The summed E-state index contributed by atoms with van der Waals surface area (Å²) in [4.78, 5) is 11.9. The Labute approximate surface area is 126 Å². The second-order valence-corrected chi connectivity index (χ2v) is 5.52. The Hall–Kier alpha value is -2.02. The van der Waals surface area contributed by atoms with Crippen LogP contribution in [-0.4, -0.2) is 18.8 Å². The maximum Gasteiger partial charge on any atom is 0.411 e. The fourth-order valence-corrected chi connectivity index (χ4v) is 2.90. The van der Waals surface area contributed by atoms with Gasteiger partial charge in [-0.1, -0.05) is 19.1 Å². The van der Waals surface area contributed by atoms with Crippen LogP contribution in [0.4, 0.5) is 0 Å². The Balaban J connectivity index is 2.66. The largest absolute Gasteiger partial charge is 0.618 e. The number of hydrogen-bond donors (Lipinski definition) is 0. The standard InChI is InChI=1S/C14H16N2O4S/c1-3-8-21-9-12-13(14(17)20-2)16(19)11-7-5-4-6-10(11)15(12)18/h4-7H,3,8-9H2,1-2H3. The first-order valence-corrected chi connectivity index (χ1v) is 7.70. The minimum atomic E-state index is -0.799. The van der Waals surface area contributed by atoms with Crippen LogP contribution in [0.25, 0.3) is 11.0 Å². The van der Waals surface area contributed by atoms with Gasteiger partial charge in [0, 0.05) is 12.1 Å². The van der Waals surface area contributed by atoms with Crippen molar-refractivity contribution in [1.82, 2.24) is 0 Å². The number of benzene rings is 1. The number of carbonyl (C=O) groups is 1. The van der Waals surface area contributed by atoms with E-state index in [1.54, 1.807) is 18.2 Å². The number of hydrogen-bond acceptors (Lipinski definition) is 5. The smallest absolute Gasteiger partial charge is 0.411 e. The number of para-hydroxylation sites is 2. The van der Waals surface area contributed by atoms with Crippen molar-refractivity contribution in [2.45, 2.75) is 19.1 Å². The molecule has 0 saturated heterocycles. The zero-order valence-corrected chi connectivity index (χ0v) is 12.7. The second-order valence-electron chi connectivity index (χ2n) is 4.42. The monoisotopic (exact) mass is 308 g/mol. The third-order valence-electron chi connectivity index (χ3n) is 3.01. The number of esters is 1. The van der Waals surface area contributed by atoms with Crippen LogP contribution in [0.2, 0.25) is 0 Å². The zero-order chi connectivity index (χ0) is 15.4. The van der Waals surface area contributed by atoms with Crippen LogP contribution in [0.15, 0.2) is 24.3 Å². The molecule has 0 unspecified atom stereocenters. The van der Waals surface area contributed by atoms with Gasteiger partial charge in [0.15, 0.2) is 0 Å². The molecule has 0 aliphatic rings. The second kappa shape index (κ2) is 6.62. The Morgan fingerprint density at radius 3 is 2.43 bits per heavy atom. The maximum absolute atomic E-state index is 12.5. The molecule has 7 heteroatoms. The summed E-state index contributed by atoms with van der Waals surface area (Å²) in [6.07, 6.45) is 0.946. The minimum absolute atomic E-state index is 0.133. The molecule has 0 bridgehead atoms. The van der Waals surface area contributed by atoms with E-state index in [0.29, 0.717) is 9.46 Å². The molecule has 1 aromatic heterocycles. The Morgan fingerprint density at radius 2 is 1.86 bits per heavy atom. The molecule has 0 N–H and O–H groups in total. The summed E-state index contributed by atoms with van der Waals surface area (Å²) < 4.78 is 5.78. The number of rotatable bonds is 5. The molecule has 6 nitrogen and oxygen atoms in total. The maximum atomic E-state index is 12.5. The van der Waals surface area contributed by atoms with E-state index in [-0.39, 0.29) is 28.2 Å². The number of carbonyl (C=O) groups excluding carboxylic acids is 1. The van der Waals surface area contributed by atoms with E-state index in [9.17, 15) is 15.2 Å². The molecule has 21 heavy (non-hydrogen) atoms. The first-order valence-electron chi connectivity index (χ1n) is 6.54. The lowest BCUT2D eigenvalue weighted by Crippen LogP contribution is -2.47. The van der Waals surface area contributed by atoms with E-state index in [0.717, 1.165) is 12.2 Å². The van der Waals surface area contributed by atoms with E-state index in [1.807, 2.05) is 6.92 Å². The molecule has 112 valence electrons. The summed E-state index contributed by atoms with van der Waals surface area (Å²) >= 11 is 1.50. The highest BCUT2D eigenvalue weighted by Crippen LogP contribution is 2.16. The van der Waals surface area contributed by atoms with Crippen LogP contribution in [0, 0.1) is 10.4 Å². The van der Waals surface area contributed by atoms with Crippen molar-refractivity contribution in [1.29, 1.82) is 0 Å². The van der Waals surface area contributed by atoms with Crippen molar-refractivity contribution in [3.8, 4) is 0 Å². The molecule has 1 heterocycles. The van der Waals surface area contributed by atoms with Gasteiger partial charge < -0.3 is 15.2 Å². The van der Waals surface area contributed by atoms with Crippen molar-refractivity contribution < 1.29 is 19.0 Å². The molecule has 0 saturated carbocycles. The van der Waals surface area contributed by atoms with Crippen LogP contribution in [0.1, 0.15) is 29.5 Å². The average Bonchev–Trinajstić information content (AvgIpc) is 2.51. The number of thioether (sulfide) groups is 1. The van der Waals surface area contributed by atoms with Gasteiger partial charge in [0.1, 0.15) is 0 Å². The highest BCUT2D eigenvalue weighted by Gasteiger charge is 2.33. The van der Waals surface area contributed by atoms with E-state index < -0.39 is 5.97 Å². The first kappa shape index (κ1) is 15.4. The number of aromatic nitrogens is 2. The molecule has 2 aromatic rings. The fraction of sp³-hybridized carbons (Fsp3) is 0.357. The van der Waals surface area contributed by atoms with Gasteiger partial charge in [0.25, 0.3) is 16.7 Å². The lowest BCUT2D eigenvalue weighted by molar-refractivity contribution is -0.635.